The van der Waals surface area contributed by atoms with E-state index in [4.69, 9.17) is 4.42 Å². The summed E-state index contributed by atoms with van der Waals surface area (Å²) in [6.07, 6.45) is 2.95. The number of para-hydroxylation sites is 2. The van der Waals surface area contributed by atoms with Crippen molar-refractivity contribution in [3.05, 3.63) is 60.2 Å². The lowest BCUT2D eigenvalue weighted by atomic mass is 10.1. The second-order valence-corrected chi connectivity index (χ2v) is 5.56. The van der Waals surface area contributed by atoms with Gasteiger partial charge >= 0.3 is 0 Å². The summed E-state index contributed by atoms with van der Waals surface area (Å²) < 4.78 is 5.90. The Hall–Kier alpha value is -2.20. The molecular weight excluding hydrogens is 262 g/mol. The second kappa shape index (κ2) is 5.30. The van der Waals surface area contributed by atoms with Crippen LogP contribution in [0.2, 0.25) is 0 Å². The van der Waals surface area contributed by atoms with Gasteiger partial charge in [0.25, 0.3) is 0 Å². The largest absolute Gasteiger partial charge is 0.440 e. The molecule has 21 heavy (non-hydrogen) atoms. The summed E-state index contributed by atoms with van der Waals surface area (Å²) in [5.41, 5.74) is 2.96. The molecule has 0 N–H and O–H groups in total. The lowest BCUT2D eigenvalue weighted by Gasteiger charge is -2.14. The normalized spacial score (nSPS) is 19.3. The molecule has 0 aliphatic carbocycles. The third kappa shape index (κ3) is 2.54. The van der Waals surface area contributed by atoms with Crippen molar-refractivity contribution in [3.8, 4) is 0 Å². The molecule has 3 heterocycles. The minimum Gasteiger partial charge on any atom is -0.440 e. The maximum absolute atomic E-state index is 5.90. The average molecular weight is 279 g/mol. The summed E-state index contributed by atoms with van der Waals surface area (Å²) in [6.45, 7) is 2.96. The van der Waals surface area contributed by atoms with Crippen molar-refractivity contribution in [2.45, 2.75) is 18.9 Å². The number of oxazole rings is 1. The van der Waals surface area contributed by atoms with Crippen LogP contribution in [0.4, 0.5) is 0 Å². The minimum atomic E-state index is 0.390. The Balaban J connectivity index is 1.48. The number of likely N-dealkylation sites (tertiary alicyclic amines) is 1. The van der Waals surface area contributed by atoms with E-state index in [1.165, 1.54) is 0 Å². The molecule has 0 bridgehead atoms. The molecule has 4 rings (SSSR count). The molecule has 1 unspecified atom stereocenters. The van der Waals surface area contributed by atoms with Gasteiger partial charge in [-0.3, -0.25) is 9.88 Å². The van der Waals surface area contributed by atoms with Gasteiger partial charge < -0.3 is 4.42 Å². The fourth-order valence-electron chi connectivity index (χ4n) is 2.96. The molecule has 3 aromatic rings. The molecule has 0 saturated carbocycles. The van der Waals surface area contributed by atoms with Crippen molar-refractivity contribution in [2.75, 3.05) is 13.1 Å². The molecular formula is C17H17N3O. The molecule has 1 fully saturated rings. The van der Waals surface area contributed by atoms with Gasteiger partial charge in [0.1, 0.15) is 5.52 Å². The fraction of sp³-hybridized carbons (Fsp3) is 0.294. The molecule has 1 aliphatic heterocycles. The average Bonchev–Trinajstić information content (AvgIpc) is 3.14. The Morgan fingerprint density at radius 2 is 2.05 bits per heavy atom. The first-order valence-electron chi connectivity index (χ1n) is 7.36. The maximum Gasteiger partial charge on any atom is 0.199 e. The first-order valence-corrected chi connectivity index (χ1v) is 7.36. The zero-order valence-corrected chi connectivity index (χ0v) is 11.8. The van der Waals surface area contributed by atoms with Crippen molar-refractivity contribution in [2.24, 2.45) is 0 Å². The zero-order chi connectivity index (χ0) is 14.1. The van der Waals surface area contributed by atoms with Crippen molar-refractivity contribution < 1.29 is 4.42 Å². The third-order valence-electron chi connectivity index (χ3n) is 4.04. The maximum atomic E-state index is 5.90. The van der Waals surface area contributed by atoms with E-state index in [0.29, 0.717) is 5.92 Å². The van der Waals surface area contributed by atoms with E-state index >= 15 is 0 Å². The highest BCUT2D eigenvalue weighted by Gasteiger charge is 2.27. The number of nitrogens with zero attached hydrogens (tertiary/aromatic N) is 3. The number of rotatable bonds is 3. The SMILES string of the molecule is c1ccc(CN2CCC(c3nc4ccccc4o3)C2)nc1. The highest BCUT2D eigenvalue weighted by atomic mass is 16.3. The molecule has 1 atom stereocenters. The van der Waals surface area contributed by atoms with Crippen LogP contribution in [0.3, 0.4) is 0 Å². The second-order valence-electron chi connectivity index (χ2n) is 5.56. The number of hydrogen-bond acceptors (Lipinski definition) is 4. The zero-order valence-electron chi connectivity index (χ0n) is 11.8. The summed E-state index contributed by atoms with van der Waals surface area (Å²) in [5, 5.41) is 0. The van der Waals surface area contributed by atoms with Gasteiger partial charge in [0.2, 0.25) is 0 Å². The lowest BCUT2D eigenvalue weighted by Crippen LogP contribution is -2.20. The van der Waals surface area contributed by atoms with Gasteiger partial charge in [0.15, 0.2) is 11.5 Å². The summed E-state index contributed by atoms with van der Waals surface area (Å²) in [5.74, 6) is 1.26. The van der Waals surface area contributed by atoms with Crippen LogP contribution in [0.5, 0.6) is 0 Å². The van der Waals surface area contributed by atoms with Gasteiger partial charge in [0, 0.05) is 25.2 Å². The predicted octanol–water partition coefficient (Wildman–Crippen LogP) is 3.21. The van der Waals surface area contributed by atoms with Gasteiger partial charge in [-0.2, -0.15) is 0 Å². The molecule has 1 saturated heterocycles. The highest BCUT2D eigenvalue weighted by Crippen LogP contribution is 2.29. The predicted molar refractivity (Wildman–Crippen MR) is 80.9 cm³/mol. The van der Waals surface area contributed by atoms with Crippen LogP contribution in [0.15, 0.2) is 53.1 Å². The van der Waals surface area contributed by atoms with Gasteiger partial charge in [0.05, 0.1) is 5.69 Å². The van der Waals surface area contributed by atoms with Crippen LogP contribution in [0.25, 0.3) is 11.1 Å². The Morgan fingerprint density at radius 3 is 2.90 bits per heavy atom. The quantitative estimate of drug-likeness (QED) is 0.738. The number of hydrogen-bond donors (Lipinski definition) is 0. The summed E-state index contributed by atoms with van der Waals surface area (Å²) >= 11 is 0. The van der Waals surface area contributed by atoms with Gasteiger partial charge in [-0.05, 0) is 37.2 Å². The van der Waals surface area contributed by atoms with E-state index in [1.807, 2.05) is 42.6 Å². The van der Waals surface area contributed by atoms with Crippen LogP contribution >= 0.6 is 0 Å². The fourth-order valence-corrected chi connectivity index (χ4v) is 2.96. The van der Waals surface area contributed by atoms with Crippen LogP contribution in [0.1, 0.15) is 23.9 Å². The molecule has 0 amide bonds. The van der Waals surface area contributed by atoms with Gasteiger partial charge in [-0.15, -0.1) is 0 Å². The van der Waals surface area contributed by atoms with E-state index in [1.54, 1.807) is 0 Å². The van der Waals surface area contributed by atoms with E-state index in [9.17, 15) is 0 Å². The highest BCUT2D eigenvalue weighted by molar-refractivity contribution is 5.72. The summed E-state index contributed by atoms with van der Waals surface area (Å²) in [7, 11) is 0. The number of pyridine rings is 1. The van der Waals surface area contributed by atoms with Gasteiger partial charge in [-0.25, -0.2) is 4.98 Å². The Morgan fingerprint density at radius 1 is 1.14 bits per heavy atom. The summed E-state index contributed by atoms with van der Waals surface area (Å²) in [4.78, 5) is 11.4. The van der Waals surface area contributed by atoms with Crippen molar-refractivity contribution in [3.63, 3.8) is 0 Å². The Bertz CT molecular complexity index is 705. The van der Waals surface area contributed by atoms with Crippen molar-refractivity contribution in [1.82, 2.24) is 14.9 Å². The van der Waals surface area contributed by atoms with Crippen LogP contribution < -0.4 is 0 Å². The first-order chi connectivity index (χ1) is 10.4. The molecule has 2 aromatic heterocycles. The van der Waals surface area contributed by atoms with Gasteiger partial charge in [-0.1, -0.05) is 18.2 Å². The molecule has 4 nitrogen and oxygen atoms in total. The Labute approximate surface area is 123 Å². The number of benzene rings is 1. The van der Waals surface area contributed by atoms with E-state index in [0.717, 1.165) is 48.7 Å². The topological polar surface area (TPSA) is 42.2 Å². The molecule has 1 aromatic carbocycles. The summed E-state index contributed by atoms with van der Waals surface area (Å²) in [6, 6.07) is 14.0. The smallest absolute Gasteiger partial charge is 0.199 e. The van der Waals surface area contributed by atoms with E-state index in [2.05, 4.69) is 20.9 Å². The lowest BCUT2D eigenvalue weighted by molar-refractivity contribution is 0.317. The molecule has 0 radical (unpaired) electrons. The van der Waals surface area contributed by atoms with E-state index < -0.39 is 0 Å². The molecule has 0 spiro atoms. The van der Waals surface area contributed by atoms with E-state index in [-0.39, 0.29) is 0 Å². The minimum absolute atomic E-state index is 0.390. The Kier molecular flexibility index (Phi) is 3.16. The first kappa shape index (κ1) is 12.5. The van der Waals surface area contributed by atoms with Crippen molar-refractivity contribution >= 4 is 11.1 Å². The van der Waals surface area contributed by atoms with Crippen LogP contribution in [-0.2, 0) is 6.54 Å². The monoisotopic (exact) mass is 279 g/mol. The van der Waals surface area contributed by atoms with Crippen LogP contribution in [0, 0.1) is 0 Å². The number of fused-ring (bicyclic) bond motifs is 1. The molecule has 106 valence electrons. The number of aromatic nitrogens is 2. The molecule has 4 heteroatoms. The third-order valence-corrected chi connectivity index (χ3v) is 4.04. The standard InChI is InChI=1S/C17H17N3O/c1-2-7-16-15(6-1)19-17(21-16)13-8-10-20(11-13)12-14-5-3-4-9-18-14/h1-7,9,13H,8,10-12H2. The van der Waals surface area contributed by atoms with Crippen molar-refractivity contribution in [1.29, 1.82) is 0 Å². The molecule has 1 aliphatic rings. The van der Waals surface area contributed by atoms with Crippen LogP contribution in [-0.4, -0.2) is 28.0 Å².